The molecule has 32 heavy (non-hydrogen) atoms. The van der Waals surface area contributed by atoms with Crippen LogP contribution in [0.15, 0.2) is 54.6 Å². The lowest BCUT2D eigenvalue weighted by atomic mass is 9.78. The van der Waals surface area contributed by atoms with Gasteiger partial charge in [0.15, 0.2) is 0 Å². The number of piperidine rings is 2. The summed E-state index contributed by atoms with van der Waals surface area (Å²) in [6.45, 7) is 5.06. The van der Waals surface area contributed by atoms with Gasteiger partial charge in [-0.05, 0) is 86.9 Å². The normalized spacial score (nSPS) is 17.9. The van der Waals surface area contributed by atoms with Crippen molar-refractivity contribution in [1.82, 2.24) is 9.80 Å². The molecule has 1 amide bonds. The van der Waals surface area contributed by atoms with Crippen LogP contribution in [0.2, 0.25) is 0 Å². The van der Waals surface area contributed by atoms with E-state index in [4.69, 9.17) is 9.90 Å². The molecule has 0 radical (unpaired) electrons. The van der Waals surface area contributed by atoms with Gasteiger partial charge in [-0.1, -0.05) is 30.3 Å². The SMILES string of the molecule is O=C(c1ccc(O)cc1)N1CCC(C2CCN(CCc3ccccc3)CC2)CC1.O=CO. The lowest BCUT2D eigenvalue weighted by Crippen LogP contribution is -2.43. The van der Waals surface area contributed by atoms with Crippen LogP contribution in [0, 0.1) is 11.8 Å². The van der Waals surface area contributed by atoms with Gasteiger partial charge in [-0.3, -0.25) is 9.59 Å². The monoisotopic (exact) mass is 438 g/mol. The molecule has 4 rings (SSSR count). The Morgan fingerprint density at radius 1 is 0.875 bits per heavy atom. The largest absolute Gasteiger partial charge is 0.508 e. The van der Waals surface area contributed by atoms with Gasteiger partial charge in [0.25, 0.3) is 12.4 Å². The lowest BCUT2D eigenvalue weighted by Gasteiger charge is -2.40. The maximum absolute atomic E-state index is 12.7. The summed E-state index contributed by atoms with van der Waals surface area (Å²) in [6, 6.07) is 17.4. The number of hydrogen-bond acceptors (Lipinski definition) is 4. The Morgan fingerprint density at radius 2 is 1.41 bits per heavy atom. The molecule has 2 fully saturated rings. The molecule has 2 aliphatic heterocycles. The summed E-state index contributed by atoms with van der Waals surface area (Å²) in [7, 11) is 0. The molecule has 0 aromatic heterocycles. The van der Waals surface area contributed by atoms with E-state index >= 15 is 0 Å². The molecule has 0 saturated carbocycles. The van der Waals surface area contributed by atoms with Crippen LogP contribution in [0.3, 0.4) is 0 Å². The van der Waals surface area contributed by atoms with Crippen LogP contribution in [-0.2, 0) is 11.2 Å². The van der Waals surface area contributed by atoms with Crippen LogP contribution >= 0.6 is 0 Å². The molecular weight excluding hydrogens is 404 g/mol. The summed E-state index contributed by atoms with van der Waals surface area (Å²) in [6.07, 6.45) is 5.98. The van der Waals surface area contributed by atoms with E-state index in [9.17, 15) is 9.90 Å². The zero-order chi connectivity index (χ0) is 22.8. The molecule has 2 aromatic rings. The number of carbonyl (C=O) groups excluding carboxylic acids is 1. The molecule has 0 atom stereocenters. The van der Waals surface area contributed by atoms with Gasteiger partial charge in [0.1, 0.15) is 5.75 Å². The number of hydrogen-bond donors (Lipinski definition) is 2. The minimum Gasteiger partial charge on any atom is -0.508 e. The lowest BCUT2D eigenvalue weighted by molar-refractivity contribution is -0.122. The van der Waals surface area contributed by atoms with Gasteiger partial charge in [0, 0.05) is 25.2 Å². The number of carbonyl (C=O) groups is 2. The Morgan fingerprint density at radius 3 is 1.97 bits per heavy atom. The number of benzene rings is 2. The van der Waals surface area contributed by atoms with E-state index in [1.807, 2.05) is 4.90 Å². The van der Waals surface area contributed by atoms with Gasteiger partial charge >= 0.3 is 0 Å². The van der Waals surface area contributed by atoms with Crippen LogP contribution in [0.1, 0.15) is 41.6 Å². The second-order valence-electron chi connectivity index (χ2n) is 8.70. The average molecular weight is 439 g/mol. The number of likely N-dealkylation sites (tertiary alicyclic amines) is 2. The smallest absolute Gasteiger partial charge is 0.290 e. The average Bonchev–Trinajstić information content (AvgIpc) is 2.84. The Hall–Kier alpha value is -2.86. The highest BCUT2D eigenvalue weighted by Crippen LogP contribution is 2.33. The zero-order valence-electron chi connectivity index (χ0n) is 18.6. The molecular formula is C26H34N2O4. The number of aromatic hydroxyl groups is 1. The number of nitrogens with zero attached hydrogens (tertiary/aromatic N) is 2. The fraction of sp³-hybridized carbons (Fsp3) is 0.462. The minimum absolute atomic E-state index is 0.0965. The zero-order valence-corrected chi connectivity index (χ0v) is 18.6. The summed E-state index contributed by atoms with van der Waals surface area (Å²) in [4.78, 5) is 25.6. The quantitative estimate of drug-likeness (QED) is 0.692. The number of carboxylic acid groups (broad SMARTS) is 1. The van der Waals surface area contributed by atoms with Gasteiger partial charge in [0.05, 0.1) is 0 Å². The van der Waals surface area contributed by atoms with Crippen molar-refractivity contribution in [1.29, 1.82) is 0 Å². The molecule has 0 unspecified atom stereocenters. The fourth-order valence-electron chi connectivity index (χ4n) is 4.94. The van der Waals surface area contributed by atoms with E-state index in [0.29, 0.717) is 5.56 Å². The van der Waals surface area contributed by atoms with Crippen LogP contribution in [-0.4, -0.2) is 65.1 Å². The highest BCUT2D eigenvalue weighted by Gasteiger charge is 2.31. The Balaban J connectivity index is 0.000000913. The van der Waals surface area contributed by atoms with Gasteiger partial charge < -0.3 is 20.0 Å². The second kappa shape index (κ2) is 12.2. The summed E-state index contributed by atoms with van der Waals surface area (Å²) in [5.74, 6) is 1.87. The highest BCUT2D eigenvalue weighted by atomic mass is 16.3. The van der Waals surface area contributed by atoms with E-state index < -0.39 is 0 Å². The van der Waals surface area contributed by atoms with Crippen molar-refractivity contribution in [3.05, 3.63) is 65.7 Å². The molecule has 172 valence electrons. The predicted octanol–water partition coefficient (Wildman–Crippen LogP) is 3.90. The summed E-state index contributed by atoms with van der Waals surface area (Å²) < 4.78 is 0. The highest BCUT2D eigenvalue weighted by molar-refractivity contribution is 5.94. The van der Waals surface area contributed by atoms with E-state index in [0.717, 1.165) is 50.7 Å². The predicted molar refractivity (Wildman–Crippen MR) is 125 cm³/mol. The van der Waals surface area contributed by atoms with Crippen LogP contribution in [0.5, 0.6) is 5.75 Å². The Bertz CT molecular complexity index is 825. The van der Waals surface area contributed by atoms with Gasteiger partial charge in [-0.2, -0.15) is 0 Å². The first-order valence-corrected chi connectivity index (χ1v) is 11.5. The number of amides is 1. The van der Waals surface area contributed by atoms with Crippen molar-refractivity contribution in [2.75, 3.05) is 32.7 Å². The first-order chi connectivity index (χ1) is 15.6. The van der Waals surface area contributed by atoms with E-state index in [1.165, 1.54) is 31.5 Å². The van der Waals surface area contributed by atoms with Crippen molar-refractivity contribution in [2.24, 2.45) is 11.8 Å². The fourth-order valence-corrected chi connectivity index (χ4v) is 4.94. The molecule has 6 heteroatoms. The van der Waals surface area contributed by atoms with Crippen LogP contribution < -0.4 is 0 Å². The third-order valence-corrected chi connectivity index (χ3v) is 6.80. The number of phenols is 1. The van der Waals surface area contributed by atoms with E-state index in [-0.39, 0.29) is 18.1 Å². The van der Waals surface area contributed by atoms with Crippen molar-refractivity contribution >= 4 is 12.4 Å². The maximum Gasteiger partial charge on any atom is 0.290 e. The van der Waals surface area contributed by atoms with Gasteiger partial charge in [-0.15, -0.1) is 0 Å². The topological polar surface area (TPSA) is 81.1 Å². The molecule has 2 N–H and O–H groups in total. The van der Waals surface area contributed by atoms with E-state index in [1.54, 1.807) is 24.3 Å². The summed E-state index contributed by atoms with van der Waals surface area (Å²) in [5.41, 5.74) is 2.10. The van der Waals surface area contributed by atoms with Crippen molar-refractivity contribution in [3.63, 3.8) is 0 Å². The molecule has 2 aromatic carbocycles. The third kappa shape index (κ3) is 6.82. The molecule has 2 saturated heterocycles. The van der Waals surface area contributed by atoms with Crippen molar-refractivity contribution in [3.8, 4) is 5.75 Å². The first-order valence-electron chi connectivity index (χ1n) is 11.5. The van der Waals surface area contributed by atoms with Gasteiger partial charge in [0.2, 0.25) is 0 Å². The second-order valence-corrected chi connectivity index (χ2v) is 8.70. The Labute approximate surface area is 190 Å². The number of phenolic OH excluding ortho intramolecular Hbond substituents is 1. The van der Waals surface area contributed by atoms with Crippen molar-refractivity contribution in [2.45, 2.75) is 32.1 Å². The van der Waals surface area contributed by atoms with Gasteiger partial charge in [-0.25, -0.2) is 0 Å². The van der Waals surface area contributed by atoms with E-state index in [2.05, 4.69) is 35.2 Å². The number of rotatable bonds is 5. The van der Waals surface area contributed by atoms with Crippen LogP contribution in [0.4, 0.5) is 0 Å². The summed E-state index contributed by atoms with van der Waals surface area (Å²) in [5, 5.41) is 16.3. The molecule has 2 heterocycles. The maximum atomic E-state index is 12.7. The molecule has 6 nitrogen and oxygen atoms in total. The van der Waals surface area contributed by atoms with Crippen molar-refractivity contribution < 1.29 is 19.8 Å². The molecule has 2 aliphatic rings. The Kier molecular flexibility index (Phi) is 9.11. The molecule has 0 bridgehead atoms. The molecule has 0 spiro atoms. The molecule has 0 aliphatic carbocycles. The third-order valence-electron chi connectivity index (χ3n) is 6.80. The standard InChI is InChI=1S/C25H32N2O2.CH2O2/c28-24-8-6-23(7-9-24)25(29)27-18-13-22(14-19-27)21-11-16-26(17-12-21)15-10-20-4-2-1-3-5-20;2-1-3/h1-9,21-22,28H,10-19H2;1H,(H,2,3). The minimum atomic E-state index is -0.250. The summed E-state index contributed by atoms with van der Waals surface area (Å²) >= 11 is 0. The van der Waals surface area contributed by atoms with Crippen LogP contribution in [0.25, 0.3) is 0 Å². The first kappa shape index (κ1) is 23.8.